The molecule has 13 heavy (non-hydrogen) atoms. The zero-order valence-electron chi connectivity index (χ0n) is 10.1. The van der Waals surface area contributed by atoms with Gasteiger partial charge in [-0.2, -0.15) is 0 Å². The SMILES string of the molecule is CCC(O)(CCC(C)(C)C)C(C)C. The molecule has 0 aromatic rings. The highest BCUT2D eigenvalue weighted by Crippen LogP contribution is 2.31. The first-order chi connectivity index (χ1) is 5.71. The lowest BCUT2D eigenvalue weighted by Crippen LogP contribution is -2.35. The first kappa shape index (κ1) is 13.0. The summed E-state index contributed by atoms with van der Waals surface area (Å²) in [7, 11) is 0. The van der Waals surface area contributed by atoms with E-state index in [-0.39, 0.29) is 0 Å². The predicted octanol–water partition coefficient (Wildman–Crippen LogP) is 3.61. The molecular formula is C12H26O. The molecule has 0 bridgehead atoms. The Morgan fingerprint density at radius 1 is 1.08 bits per heavy atom. The molecule has 1 N–H and O–H groups in total. The van der Waals surface area contributed by atoms with Crippen molar-refractivity contribution in [2.75, 3.05) is 0 Å². The summed E-state index contributed by atoms with van der Waals surface area (Å²) in [4.78, 5) is 0. The van der Waals surface area contributed by atoms with E-state index in [1.807, 2.05) is 0 Å². The summed E-state index contributed by atoms with van der Waals surface area (Å²) in [6, 6.07) is 0. The average molecular weight is 186 g/mol. The van der Waals surface area contributed by atoms with Crippen LogP contribution in [-0.2, 0) is 0 Å². The minimum Gasteiger partial charge on any atom is -0.390 e. The van der Waals surface area contributed by atoms with E-state index in [1.165, 1.54) is 0 Å². The van der Waals surface area contributed by atoms with Crippen LogP contribution in [0.15, 0.2) is 0 Å². The Bertz CT molecular complexity index is 144. The molecule has 1 heteroatoms. The molecule has 1 atom stereocenters. The lowest BCUT2D eigenvalue weighted by molar-refractivity contribution is -0.0247. The molecule has 0 aliphatic heterocycles. The van der Waals surface area contributed by atoms with E-state index < -0.39 is 5.60 Å². The number of hydrogen-bond donors (Lipinski definition) is 1. The van der Waals surface area contributed by atoms with Crippen LogP contribution < -0.4 is 0 Å². The Labute approximate surface area is 83.5 Å². The molecule has 0 saturated heterocycles. The second kappa shape index (κ2) is 4.45. The molecule has 0 aliphatic rings. The van der Waals surface area contributed by atoms with Crippen LogP contribution in [0, 0.1) is 11.3 Å². The van der Waals surface area contributed by atoms with E-state index in [4.69, 9.17) is 0 Å². The van der Waals surface area contributed by atoms with Crippen LogP contribution in [-0.4, -0.2) is 10.7 Å². The van der Waals surface area contributed by atoms with E-state index >= 15 is 0 Å². The fourth-order valence-corrected chi connectivity index (χ4v) is 1.47. The minimum atomic E-state index is -0.451. The van der Waals surface area contributed by atoms with Crippen molar-refractivity contribution in [3.63, 3.8) is 0 Å². The number of rotatable bonds is 4. The average Bonchev–Trinajstić information content (AvgIpc) is 1.98. The van der Waals surface area contributed by atoms with Crippen LogP contribution in [0.25, 0.3) is 0 Å². The Hall–Kier alpha value is -0.0400. The molecule has 0 aliphatic carbocycles. The van der Waals surface area contributed by atoms with Crippen LogP contribution in [0.3, 0.4) is 0 Å². The van der Waals surface area contributed by atoms with Crippen molar-refractivity contribution in [2.45, 2.75) is 66.4 Å². The summed E-state index contributed by atoms with van der Waals surface area (Å²) < 4.78 is 0. The van der Waals surface area contributed by atoms with E-state index in [9.17, 15) is 5.11 Å². The Kier molecular flexibility index (Phi) is 4.44. The number of aliphatic hydroxyl groups is 1. The topological polar surface area (TPSA) is 20.2 Å². The normalized spacial score (nSPS) is 17.5. The van der Waals surface area contributed by atoms with Gasteiger partial charge >= 0.3 is 0 Å². The highest BCUT2D eigenvalue weighted by atomic mass is 16.3. The van der Waals surface area contributed by atoms with Crippen molar-refractivity contribution in [1.82, 2.24) is 0 Å². The quantitative estimate of drug-likeness (QED) is 0.711. The van der Waals surface area contributed by atoms with E-state index in [1.54, 1.807) is 0 Å². The third kappa shape index (κ3) is 4.66. The summed E-state index contributed by atoms with van der Waals surface area (Å²) in [5, 5.41) is 10.3. The summed E-state index contributed by atoms with van der Waals surface area (Å²) in [6.07, 6.45) is 2.88. The molecule has 0 amide bonds. The predicted molar refractivity (Wildman–Crippen MR) is 58.8 cm³/mol. The van der Waals surface area contributed by atoms with Crippen molar-refractivity contribution in [3.8, 4) is 0 Å². The zero-order chi connectivity index (χ0) is 10.7. The van der Waals surface area contributed by atoms with Gasteiger partial charge in [-0.15, -0.1) is 0 Å². The van der Waals surface area contributed by atoms with Gasteiger partial charge in [-0.25, -0.2) is 0 Å². The van der Waals surface area contributed by atoms with E-state index in [0.29, 0.717) is 11.3 Å². The first-order valence-electron chi connectivity index (χ1n) is 5.43. The second-order valence-electron chi connectivity index (χ2n) is 5.67. The van der Waals surface area contributed by atoms with Crippen molar-refractivity contribution < 1.29 is 5.11 Å². The standard InChI is InChI=1S/C12H26O/c1-7-12(13,10(2)3)9-8-11(4,5)6/h10,13H,7-9H2,1-6H3. The van der Waals surface area contributed by atoms with Crippen molar-refractivity contribution in [1.29, 1.82) is 0 Å². The highest BCUT2D eigenvalue weighted by molar-refractivity contribution is 4.82. The zero-order valence-corrected chi connectivity index (χ0v) is 10.1. The first-order valence-corrected chi connectivity index (χ1v) is 5.43. The molecule has 0 fully saturated rings. The van der Waals surface area contributed by atoms with Crippen LogP contribution in [0.2, 0.25) is 0 Å². The third-order valence-electron chi connectivity index (χ3n) is 2.99. The Balaban J connectivity index is 4.14. The highest BCUT2D eigenvalue weighted by Gasteiger charge is 2.29. The lowest BCUT2D eigenvalue weighted by Gasteiger charge is -2.33. The molecular weight excluding hydrogens is 160 g/mol. The maximum Gasteiger partial charge on any atom is 0.0668 e. The molecule has 1 unspecified atom stereocenters. The summed E-state index contributed by atoms with van der Waals surface area (Å²) in [5.41, 5.74) is -0.120. The number of hydrogen-bond acceptors (Lipinski definition) is 1. The largest absolute Gasteiger partial charge is 0.390 e. The Morgan fingerprint density at radius 2 is 1.54 bits per heavy atom. The smallest absolute Gasteiger partial charge is 0.0668 e. The maximum absolute atomic E-state index is 10.3. The summed E-state index contributed by atoms with van der Waals surface area (Å²) in [5.74, 6) is 0.361. The molecule has 1 nitrogen and oxygen atoms in total. The van der Waals surface area contributed by atoms with Crippen LogP contribution >= 0.6 is 0 Å². The maximum atomic E-state index is 10.3. The molecule has 0 saturated carbocycles. The molecule has 0 aromatic heterocycles. The monoisotopic (exact) mass is 186 g/mol. The van der Waals surface area contributed by atoms with E-state index in [0.717, 1.165) is 19.3 Å². The Morgan fingerprint density at radius 3 is 1.77 bits per heavy atom. The van der Waals surface area contributed by atoms with Gasteiger partial charge in [-0.05, 0) is 30.6 Å². The van der Waals surface area contributed by atoms with Gasteiger partial charge in [-0.1, -0.05) is 41.5 Å². The molecule has 80 valence electrons. The molecule has 0 heterocycles. The second-order valence-corrected chi connectivity index (χ2v) is 5.67. The van der Waals surface area contributed by atoms with Gasteiger partial charge in [0.2, 0.25) is 0 Å². The molecule has 0 rings (SSSR count). The molecule has 0 aromatic carbocycles. The van der Waals surface area contributed by atoms with Gasteiger partial charge in [0.25, 0.3) is 0 Å². The van der Waals surface area contributed by atoms with Gasteiger partial charge in [0.15, 0.2) is 0 Å². The lowest BCUT2D eigenvalue weighted by atomic mass is 9.78. The fourth-order valence-electron chi connectivity index (χ4n) is 1.47. The van der Waals surface area contributed by atoms with Crippen LogP contribution in [0.5, 0.6) is 0 Å². The summed E-state index contributed by atoms with van der Waals surface area (Å²) in [6.45, 7) is 13.0. The van der Waals surface area contributed by atoms with Crippen molar-refractivity contribution in [2.24, 2.45) is 11.3 Å². The van der Waals surface area contributed by atoms with Crippen molar-refractivity contribution in [3.05, 3.63) is 0 Å². The van der Waals surface area contributed by atoms with Gasteiger partial charge in [-0.3, -0.25) is 0 Å². The van der Waals surface area contributed by atoms with Gasteiger partial charge in [0.05, 0.1) is 5.60 Å². The van der Waals surface area contributed by atoms with Crippen molar-refractivity contribution >= 4 is 0 Å². The summed E-state index contributed by atoms with van der Waals surface area (Å²) >= 11 is 0. The molecule has 0 spiro atoms. The van der Waals surface area contributed by atoms with E-state index in [2.05, 4.69) is 41.5 Å². The van der Waals surface area contributed by atoms with Gasteiger partial charge in [0, 0.05) is 0 Å². The van der Waals surface area contributed by atoms with Crippen LogP contribution in [0.4, 0.5) is 0 Å². The van der Waals surface area contributed by atoms with Crippen LogP contribution in [0.1, 0.15) is 60.8 Å². The van der Waals surface area contributed by atoms with Gasteiger partial charge < -0.3 is 5.11 Å². The third-order valence-corrected chi connectivity index (χ3v) is 2.99. The fraction of sp³-hybridized carbons (Fsp3) is 1.00. The minimum absolute atomic E-state index is 0.331. The van der Waals surface area contributed by atoms with Gasteiger partial charge in [0.1, 0.15) is 0 Å². The molecule has 0 radical (unpaired) electrons.